The fourth-order valence-corrected chi connectivity index (χ4v) is 3.12. The molecule has 0 aliphatic carbocycles. The number of aliphatic carboxylic acids is 1. The van der Waals surface area contributed by atoms with Gasteiger partial charge in [0, 0.05) is 6.42 Å². The lowest BCUT2D eigenvalue weighted by Gasteiger charge is -2.31. The molecule has 3 heteroatoms. The molecule has 0 aromatic carbocycles. The number of hydrogen-bond donors (Lipinski definition) is 1. The zero-order valence-electron chi connectivity index (χ0n) is 13.3. The van der Waals surface area contributed by atoms with E-state index < -0.39 is 5.97 Å². The first-order valence-corrected chi connectivity index (χ1v) is 8.66. The highest BCUT2D eigenvalue weighted by Crippen LogP contribution is 2.22. The predicted molar refractivity (Wildman–Crippen MR) is 84.0 cm³/mol. The van der Waals surface area contributed by atoms with Crippen LogP contribution in [0, 0.1) is 5.92 Å². The Bertz CT molecular complexity index is 247. The van der Waals surface area contributed by atoms with Crippen molar-refractivity contribution in [1.29, 1.82) is 0 Å². The summed E-state index contributed by atoms with van der Waals surface area (Å²) in [6.07, 6.45) is 13.3. The van der Waals surface area contributed by atoms with Crippen molar-refractivity contribution in [2.45, 2.75) is 77.6 Å². The quantitative estimate of drug-likeness (QED) is 0.574. The van der Waals surface area contributed by atoms with Gasteiger partial charge in [-0.2, -0.15) is 0 Å². The lowest BCUT2D eigenvalue weighted by atomic mass is 9.92. The topological polar surface area (TPSA) is 40.5 Å². The third-order valence-electron chi connectivity index (χ3n) is 4.55. The van der Waals surface area contributed by atoms with Crippen LogP contribution in [0.3, 0.4) is 0 Å². The number of rotatable bonds is 11. The normalized spacial score (nSPS) is 17.4. The van der Waals surface area contributed by atoms with Crippen molar-refractivity contribution in [3.63, 3.8) is 0 Å². The number of unbranched alkanes of at least 4 members (excludes halogenated alkanes) is 6. The number of carboxylic acids is 1. The summed E-state index contributed by atoms with van der Waals surface area (Å²) in [5.74, 6) is 0.00639. The van der Waals surface area contributed by atoms with Gasteiger partial charge in [-0.15, -0.1) is 0 Å². The minimum atomic E-state index is -0.643. The maximum Gasteiger partial charge on any atom is 0.303 e. The van der Waals surface area contributed by atoms with E-state index >= 15 is 0 Å². The van der Waals surface area contributed by atoms with Crippen molar-refractivity contribution in [3.8, 4) is 0 Å². The van der Waals surface area contributed by atoms with E-state index in [4.69, 9.17) is 5.11 Å². The molecule has 1 N–H and O–H groups in total. The van der Waals surface area contributed by atoms with E-state index in [2.05, 4.69) is 11.8 Å². The summed E-state index contributed by atoms with van der Waals surface area (Å²) < 4.78 is 0. The molecule has 1 rings (SSSR count). The van der Waals surface area contributed by atoms with Crippen LogP contribution < -0.4 is 0 Å². The van der Waals surface area contributed by atoms with Crippen LogP contribution in [-0.2, 0) is 4.79 Å². The minimum Gasteiger partial charge on any atom is -0.481 e. The zero-order chi connectivity index (χ0) is 14.6. The Kier molecular flexibility index (Phi) is 9.73. The van der Waals surface area contributed by atoms with Gasteiger partial charge in [0.05, 0.1) is 0 Å². The van der Waals surface area contributed by atoms with Gasteiger partial charge in [0.2, 0.25) is 0 Å². The molecule has 0 aromatic rings. The average molecular weight is 283 g/mol. The molecule has 1 saturated heterocycles. The number of nitrogens with zero attached hydrogens (tertiary/aromatic N) is 1. The molecule has 1 heterocycles. The average Bonchev–Trinajstić information content (AvgIpc) is 2.45. The molecule has 1 aliphatic heterocycles. The van der Waals surface area contributed by atoms with Gasteiger partial charge in [-0.05, 0) is 51.2 Å². The number of carboxylic acid groups (broad SMARTS) is 1. The number of piperidine rings is 1. The van der Waals surface area contributed by atoms with E-state index in [-0.39, 0.29) is 0 Å². The molecule has 1 fully saturated rings. The van der Waals surface area contributed by atoms with Crippen molar-refractivity contribution in [1.82, 2.24) is 4.90 Å². The Labute approximate surface area is 124 Å². The smallest absolute Gasteiger partial charge is 0.303 e. The van der Waals surface area contributed by atoms with Crippen LogP contribution in [0.1, 0.15) is 77.6 Å². The largest absolute Gasteiger partial charge is 0.481 e. The molecule has 0 spiro atoms. The fraction of sp³-hybridized carbons (Fsp3) is 0.941. The molecular formula is C17H33NO2. The third kappa shape index (κ3) is 8.57. The van der Waals surface area contributed by atoms with E-state index in [0.29, 0.717) is 12.3 Å². The molecule has 0 saturated carbocycles. The van der Waals surface area contributed by atoms with Crippen LogP contribution in [0.4, 0.5) is 0 Å². The second-order valence-electron chi connectivity index (χ2n) is 6.34. The Morgan fingerprint density at radius 2 is 1.65 bits per heavy atom. The maximum absolute atomic E-state index is 10.6. The number of hydrogen-bond acceptors (Lipinski definition) is 2. The van der Waals surface area contributed by atoms with Crippen LogP contribution in [0.25, 0.3) is 0 Å². The van der Waals surface area contributed by atoms with E-state index in [1.165, 1.54) is 77.4 Å². The number of carbonyl (C=O) groups is 1. The predicted octanol–water partition coefficient (Wildman–Crippen LogP) is 4.31. The van der Waals surface area contributed by atoms with Crippen LogP contribution in [0.2, 0.25) is 0 Å². The first-order chi connectivity index (χ1) is 9.72. The summed E-state index contributed by atoms with van der Waals surface area (Å²) >= 11 is 0. The Balaban J connectivity index is 1.93. The SMILES string of the molecule is CCCCCCCCCN1CCC(CCC(=O)O)CC1. The molecule has 0 amide bonds. The fourth-order valence-electron chi connectivity index (χ4n) is 3.12. The van der Waals surface area contributed by atoms with Gasteiger partial charge in [-0.25, -0.2) is 0 Å². The van der Waals surface area contributed by atoms with Crippen molar-refractivity contribution >= 4 is 5.97 Å². The van der Waals surface area contributed by atoms with Gasteiger partial charge in [-0.3, -0.25) is 4.79 Å². The van der Waals surface area contributed by atoms with Crippen LogP contribution in [0.5, 0.6) is 0 Å². The second kappa shape index (κ2) is 11.1. The molecule has 3 nitrogen and oxygen atoms in total. The van der Waals surface area contributed by atoms with E-state index in [1.807, 2.05) is 0 Å². The van der Waals surface area contributed by atoms with E-state index in [1.54, 1.807) is 0 Å². The van der Waals surface area contributed by atoms with Gasteiger partial charge in [0.1, 0.15) is 0 Å². The van der Waals surface area contributed by atoms with Crippen LogP contribution in [-0.4, -0.2) is 35.6 Å². The first-order valence-electron chi connectivity index (χ1n) is 8.66. The second-order valence-corrected chi connectivity index (χ2v) is 6.34. The summed E-state index contributed by atoms with van der Waals surface area (Å²) in [5.41, 5.74) is 0. The Hall–Kier alpha value is -0.570. The summed E-state index contributed by atoms with van der Waals surface area (Å²) in [6.45, 7) is 5.87. The molecule has 1 aliphatic rings. The minimum absolute atomic E-state index is 0.350. The molecule has 0 atom stereocenters. The summed E-state index contributed by atoms with van der Waals surface area (Å²) in [4.78, 5) is 13.1. The molecule has 0 unspecified atom stereocenters. The zero-order valence-corrected chi connectivity index (χ0v) is 13.3. The lowest BCUT2D eigenvalue weighted by molar-refractivity contribution is -0.137. The molecule has 118 valence electrons. The maximum atomic E-state index is 10.6. The van der Waals surface area contributed by atoms with E-state index in [0.717, 1.165) is 6.42 Å². The number of likely N-dealkylation sites (tertiary alicyclic amines) is 1. The highest BCUT2D eigenvalue weighted by molar-refractivity contribution is 5.66. The van der Waals surface area contributed by atoms with Crippen LogP contribution >= 0.6 is 0 Å². The molecule has 0 aromatic heterocycles. The Morgan fingerprint density at radius 1 is 1.05 bits per heavy atom. The van der Waals surface area contributed by atoms with Crippen molar-refractivity contribution in [2.24, 2.45) is 5.92 Å². The molecule has 0 bridgehead atoms. The summed E-state index contributed by atoms with van der Waals surface area (Å²) in [7, 11) is 0. The monoisotopic (exact) mass is 283 g/mol. The van der Waals surface area contributed by atoms with Gasteiger partial charge < -0.3 is 10.0 Å². The lowest BCUT2D eigenvalue weighted by Crippen LogP contribution is -2.34. The van der Waals surface area contributed by atoms with Gasteiger partial charge in [0.15, 0.2) is 0 Å². The van der Waals surface area contributed by atoms with Gasteiger partial charge >= 0.3 is 5.97 Å². The molecular weight excluding hydrogens is 250 g/mol. The first kappa shape index (κ1) is 17.5. The highest BCUT2D eigenvalue weighted by atomic mass is 16.4. The Morgan fingerprint density at radius 3 is 2.25 bits per heavy atom. The third-order valence-corrected chi connectivity index (χ3v) is 4.55. The van der Waals surface area contributed by atoms with Crippen LogP contribution in [0.15, 0.2) is 0 Å². The molecule has 20 heavy (non-hydrogen) atoms. The van der Waals surface area contributed by atoms with Gasteiger partial charge in [0.25, 0.3) is 0 Å². The summed E-state index contributed by atoms with van der Waals surface area (Å²) in [6, 6.07) is 0. The van der Waals surface area contributed by atoms with E-state index in [9.17, 15) is 4.79 Å². The van der Waals surface area contributed by atoms with Crippen molar-refractivity contribution < 1.29 is 9.90 Å². The standard InChI is InChI=1S/C17H33NO2/c1-2-3-4-5-6-7-8-13-18-14-11-16(12-15-18)9-10-17(19)20/h16H,2-15H2,1H3,(H,19,20). The highest BCUT2D eigenvalue weighted by Gasteiger charge is 2.19. The summed E-state index contributed by atoms with van der Waals surface area (Å²) in [5, 5.41) is 8.71. The van der Waals surface area contributed by atoms with Crippen molar-refractivity contribution in [3.05, 3.63) is 0 Å². The van der Waals surface area contributed by atoms with Crippen molar-refractivity contribution in [2.75, 3.05) is 19.6 Å². The van der Waals surface area contributed by atoms with Gasteiger partial charge in [-0.1, -0.05) is 45.4 Å². The molecule has 0 radical (unpaired) electrons.